The third-order valence-electron chi connectivity index (χ3n) is 4.76. The predicted octanol–water partition coefficient (Wildman–Crippen LogP) is 1.91. The number of carbonyl (C=O) groups is 1. The first-order valence-electron chi connectivity index (χ1n) is 9.05. The van der Waals surface area contributed by atoms with Gasteiger partial charge in [-0.3, -0.25) is 4.79 Å². The average Bonchev–Trinajstić information content (AvgIpc) is 3.19. The third-order valence-corrected chi connectivity index (χ3v) is 4.76. The van der Waals surface area contributed by atoms with Crippen molar-refractivity contribution in [3.8, 4) is 0 Å². The van der Waals surface area contributed by atoms with Gasteiger partial charge in [0, 0.05) is 37.9 Å². The Kier molecular flexibility index (Phi) is 4.84. The Balaban J connectivity index is 1.46. The summed E-state index contributed by atoms with van der Waals surface area (Å²) in [5.41, 5.74) is 0.937. The molecule has 1 aliphatic rings. The number of anilines is 2. The minimum Gasteiger partial charge on any atom is -0.475 e. The molecule has 0 atom stereocenters. The molecule has 3 heterocycles. The number of aromatic nitrogens is 2. The van der Waals surface area contributed by atoms with Crippen LogP contribution in [0.1, 0.15) is 16.3 Å². The molecule has 3 aromatic rings. The highest BCUT2D eigenvalue weighted by Gasteiger charge is 2.19. The Morgan fingerprint density at radius 3 is 2.36 bits per heavy atom. The smallest absolute Gasteiger partial charge is 0.371 e. The van der Waals surface area contributed by atoms with Crippen LogP contribution in [0.15, 0.2) is 63.8 Å². The van der Waals surface area contributed by atoms with E-state index in [1.165, 1.54) is 22.5 Å². The first-order valence-corrected chi connectivity index (χ1v) is 9.05. The molecule has 0 bridgehead atoms. The molecule has 1 aliphatic heterocycles. The minimum absolute atomic E-state index is 0.0872. The fraction of sp³-hybridized carbons (Fsp3) is 0.250. The number of para-hydroxylation sites is 1. The molecule has 1 saturated heterocycles. The lowest BCUT2D eigenvalue weighted by Gasteiger charge is -2.36. The van der Waals surface area contributed by atoms with Gasteiger partial charge in [0.1, 0.15) is 18.1 Å². The molecule has 1 N–H and O–H groups in total. The number of piperazine rings is 1. The van der Waals surface area contributed by atoms with Gasteiger partial charge in [-0.25, -0.2) is 9.48 Å². The van der Waals surface area contributed by atoms with Crippen molar-refractivity contribution >= 4 is 17.5 Å². The van der Waals surface area contributed by atoms with Gasteiger partial charge in [-0.1, -0.05) is 18.2 Å². The minimum atomic E-state index is -1.14. The fourth-order valence-corrected chi connectivity index (χ4v) is 3.28. The normalized spacial score (nSPS) is 14.3. The summed E-state index contributed by atoms with van der Waals surface area (Å²) < 4.78 is 6.53. The van der Waals surface area contributed by atoms with E-state index in [2.05, 4.69) is 27.0 Å². The number of nitrogens with zero attached hydrogens (tertiary/aromatic N) is 4. The molecule has 1 fully saturated rings. The summed E-state index contributed by atoms with van der Waals surface area (Å²) in [5, 5.41) is 13.4. The molecule has 0 aliphatic carbocycles. The quantitative estimate of drug-likeness (QED) is 0.723. The number of carboxylic acids is 1. The molecule has 2 aromatic heterocycles. The fourth-order valence-electron chi connectivity index (χ4n) is 3.28. The SMILES string of the molecule is O=C(O)c1ccc(Cn2nc(N3CCN(c4ccccc4)CC3)ccc2=O)o1. The van der Waals surface area contributed by atoms with E-state index in [1.807, 2.05) is 18.2 Å². The number of aromatic carboxylic acids is 1. The molecule has 0 spiro atoms. The number of carboxylic acid groups (broad SMARTS) is 1. The van der Waals surface area contributed by atoms with Crippen LogP contribution in [0.3, 0.4) is 0 Å². The zero-order chi connectivity index (χ0) is 19.5. The zero-order valence-electron chi connectivity index (χ0n) is 15.2. The molecular weight excluding hydrogens is 360 g/mol. The highest BCUT2D eigenvalue weighted by atomic mass is 16.4. The van der Waals surface area contributed by atoms with Gasteiger partial charge in [0.2, 0.25) is 5.76 Å². The molecule has 8 nitrogen and oxygen atoms in total. The third kappa shape index (κ3) is 3.75. The summed E-state index contributed by atoms with van der Waals surface area (Å²) in [5.74, 6) is -0.205. The van der Waals surface area contributed by atoms with Gasteiger partial charge in [-0.05, 0) is 30.3 Å². The molecule has 0 unspecified atom stereocenters. The number of hydrogen-bond acceptors (Lipinski definition) is 6. The van der Waals surface area contributed by atoms with Gasteiger partial charge in [0.15, 0.2) is 0 Å². The van der Waals surface area contributed by atoms with Gasteiger partial charge in [-0.15, -0.1) is 0 Å². The van der Waals surface area contributed by atoms with Crippen LogP contribution in [-0.2, 0) is 6.54 Å². The highest BCUT2D eigenvalue weighted by molar-refractivity contribution is 5.84. The van der Waals surface area contributed by atoms with E-state index in [-0.39, 0.29) is 17.9 Å². The second-order valence-electron chi connectivity index (χ2n) is 6.57. The number of benzene rings is 1. The van der Waals surface area contributed by atoms with Crippen LogP contribution >= 0.6 is 0 Å². The predicted molar refractivity (Wildman–Crippen MR) is 104 cm³/mol. The first kappa shape index (κ1) is 17.8. The van der Waals surface area contributed by atoms with Gasteiger partial charge >= 0.3 is 5.97 Å². The van der Waals surface area contributed by atoms with Crippen LogP contribution in [0.4, 0.5) is 11.5 Å². The van der Waals surface area contributed by atoms with Gasteiger partial charge in [0.25, 0.3) is 5.56 Å². The monoisotopic (exact) mass is 380 g/mol. The zero-order valence-corrected chi connectivity index (χ0v) is 15.2. The van der Waals surface area contributed by atoms with Crippen molar-refractivity contribution in [1.29, 1.82) is 0 Å². The lowest BCUT2D eigenvalue weighted by molar-refractivity contribution is 0.0660. The highest BCUT2D eigenvalue weighted by Crippen LogP contribution is 2.18. The second kappa shape index (κ2) is 7.59. The second-order valence-corrected chi connectivity index (χ2v) is 6.57. The summed E-state index contributed by atoms with van der Waals surface area (Å²) in [6, 6.07) is 16.4. The van der Waals surface area contributed by atoms with Gasteiger partial charge < -0.3 is 19.3 Å². The van der Waals surface area contributed by atoms with Crippen molar-refractivity contribution < 1.29 is 14.3 Å². The number of furan rings is 1. The van der Waals surface area contributed by atoms with E-state index in [9.17, 15) is 9.59 Å². The van der Waals surface area contributed by atoms with Crippen molar-refractivity contribution in [2.75, 3.05) is 36.0 Å². The number of hydrogen-bond donors (Lipinski definition) is 1. The maximum absolute atomic E-state index is 12.2. The van der Waals surface area contributed by atoms with Crippen LogP contribution in [0.25, 0.3) is 0 Å². The summed E-state index contributed by atoms with van der Waals surface area (Å²) in [4.78, 5) is 27.5. The lowest BCUT2D eigenvalue weighted by atomic mass is 10.2. The van der Waals surface area contributed by atoms with E-state index in [0.29, 0.717) is 5.76 Å². The molecule has 0 saturated carbocycles. The maximum atomic E-state index is 12.2. The van der Waals surface area contributed by atoms with Crippen molar-refractivity contribution in [3.63, 3.8) is 0 Å². The summed E-state index contributed by atoms with van der Waals surface area (Å²) >= 11 is 0. The Hall–Kier alpha value is -3.55. The van der Waals surface area contributed by atoms with E-state index in [4.69, 9.17) is 9.52 Å². The molecule has 28 heavy (non-hydrogen) atoms. The number of rotatable bonds is 5. The Morgan fingerprint density at radius 1 is 0.964 bits per heavy atom. The largest absolute Gasteiger partial charge is 0.475 e. The maximum Gasteiger partial charge on any atom is 0.371 e. The topological polar surface area (TPSA) is 91.8 Å². The van der Waals surface area contributed by atoms with E-state index in [0.717, 1.165) is 32.0 Å². The van der Waals surface area contributed by atoms with Gasteiger partial charge in [0.05, 0.1) is 0 Å². The Bertz CT molecular complexity index is 1020. The van der Waals surface area contributed by atoms with Gasteiger partial charge in [-0.2, -0.15) is 5.10 Å². The summed E-state index contributed by atoms with van der Waals surface area (Å²) in [7, 11) is 0. The molecule has 8 heteroatoms. The summed E-state index contributed by atoms with van der Waals surface area (Å²) in [6.07, 6.45) is 0. The van der Waals surface area contributed by atoms with Crippen LogP contribution in [0.2, 0.25) is 0 Å². The van der Waals surface area contributed by atoms with E-state index < -0.39 is 5.97 Å². The summed E-state index contributed by atoms with van der Waals surface area (Å²) in [6.45, 7) is 3.41. The van der Waals surface area contributed by atoms with Crippen molar-refractivity contribution in [1.82, 2.24) is 9.78 Å². The average molecular weight is 380 g/mol. The van der Waals surface area contributed by atoms with Crippen LogP contribution < -0.4 is 15.4 Å². The Morgan fingerprint density at radius 2 is 1.68 bits per heavy atom. The van der Waals surface area contributed by atoms with Crippen molar-refractivity contribution in [2.45, 2.75) is 6.54 Å². The van der Waals surface area contributed by atoms with E-state index in [1.54, 1.807) is 12.1 Å². The first-order chi connectivity index (χ1) is 13.6. The van der Waals surface area contributed by atoms with E-state index >= 15 is 0 Å². The molecular formula is C20H20N4O4. The van der Waals surface area contributed by atoms with Crippen molar-refractivity contribution in [3.05, 3.63) is 76.5 Å². The standard InChI is InChI=1S/C20H20N4O4/c25-19-9-8-18(21-24(19)14-16-6-7-17(28-16)20(26)27)23-12-10-22(11-13-23)15-4-2-1-3-5-15/h1-9H,10-14H2,(H,26,27). The van der Waals surface area contributed by atoms with Crippen LogP contribution in [0.5, 0.6) is 0 Å². The van der Waals surface area contributed by atoms with Crippen LogP contribution in [0, 0.1) is 0 Å². The van der Waals surface area contributed by atoms with Crippen molar-refractivity contribution in [2.24, 2.45) is 0 Å². The molecule has 1 aromatic carbocycles. The molecule has 0 amide bonds. The molecule has 0 radical (unpaired) electrons. The Labute approximate surface area is 161 Å². The molecule has 4 rings (SSSR count). The van der Waals surface area contributed by atoms with Crippen LogP contribution in [-0.4, -0.2) is 47.0 Å². The lowest BCUT2D eigenvalue weighted by Crippen LogP contribution is -2.47. The molecule has 144 valence electrons.